The maximum atomic E-state index is 12.3. The van der Waals surface area contributed by atoms with Gasteiger partial charge >= 0.3 is 0 Å². The van der Waals surface area contributed by atoms with E-state index in [9.17, 15) is 4.79 Å². The second-order valence-electron chi connectivity index (χ2n) is 4.43. The summed E-state index contributed by atoms with van der Waals surface area (Å²) in [7, 11) is 0. The topological polar surface area (TPSA) is 41.1 Å². The van der Waals surface area contributed by atoms with Gasteiger partial charge in [0, 0.05) is 9.26 Å². The fraction of sp³-hybridized carbons (Fsp3) is 0.462. The first-order valence-electron chi connectivity index (χ1n) is 5.98. The summed E-state index contributed by atoms with van der Waals surface area (Å²) < 4.78 is 1.13. The molecule has 2 rings (SSSR count). The quantitative estimate of drug-likeness (QED) is 0.828. The number of carbonyl (C=O) groups excluding carboxylic acids is 1. The maximum Gasteiger partial charge on any atom is 0.244 e. The molecule has 1 aliphatic heterocycles. The highest BCUT2D eigenvalue weighted by Crippen LogP contribution is 2.25. The molecule has 2 N–H and O–H groups in total. The standard InChI is InChI=1S/C13H17IN2O/c1-2-13(7-4-8-15-13)12(17)16-11-6-3-5-10(14)9-11/h3,5-6,9,15H,2,4,7-8H2,1H3,(H,16,17). The van der Waals surface area contributed by atoms with Gasteiger partial charge in [-0.1, -0.05) is 13.0 Å². The highest BCUT2D eigenvalue weighted by molar-refractivity contribution is 14.1. The Balaban J connectivity index is 2.10. The summed E-state index contributed by atoms with van der Waals surface area (Å²) in [5.41, 5.74) is 0.518. The highest BCUT2D eigenvalue weighted by Gasteiger charge is 2.38. The fourth-order valence-corrected chi connectivity index (χ4v) is 2.82. The van der Waals surface area contributed by atoms with E-state index in [0.29, 0.717) is 0 Å². The van der Waals surface area contributed by atoms with E-state index in [-0.39, 0.29) is 11.4 Å². The van der Waals surface area contributed by atoms with Crippen molar-refractivity contribution in [3.05, 3.63) is 27.8 Å². The van der Waals surface area contributed by atoms with Gasteiger partial charge in [-0.05, 0) is 66.6 Å². The third-order valence-corrected chi connectivity index (χ3v) is 4.04. The molecule has 1 aromatic rings. The molecule has 1 saturated heterocycles. The van der Waals surface area contributed by atoms with Crippen molar-refractivity contribution in [1.29, 1.82) is 0 Å². The van der Waals surface area contributed by atoms with Gasteiger partial charge in [0.2, 0.25) is 5.91 Å². The molecule has 0 aliphatic carbocycles. The van der Waals surface area contributed by atoms with Crippen LogP contribution in [-0.4, -0.2) is 18.0 Å². The monoisotopic (exact) mass is 344 g/mol. The number of halogens is 1. The van der Waals surface area contributed by atoms with Crippen LogP contribution in [0, 0.1) is 3.57 Å². The lowest BCUT2D eigenvalue weighted by molar-refractivity contribution is -0.122. The molecule has 0 radical (unpaired) electrons. The van der Waals surface area contributed by atoms with Crippen LogP contribution in [0.4, 0.5) is 5.69 Å². The zero-order valence-corrected chi connectivity index (χ0v) is 12.1. The summed E-state index contributed by atoms with van der Waals surface area (Å²) in [4.78, 5) is 12.3. The van der Waals surface area contributed by atoms with Crippen LogP contribution in [0.2, 0.25) is 0 Å². The summed E-state index contributed by atoms with van der Waals surface area (Å²) in [5, 5.41) is 6.35. The van der Waals surface area contributed by atoms with Crippen molar-refractivity contribution in [2.45, 2.75) is 31.7 Å². The number of anilines is 1. The van der Waals surface area contributed by atoms with E-state index in [1.54, 1.807) is 0 Å². The van der Waals surface area contributed by atoms with Gasteiger partial charge in [-0.25, -0.2) is 0 Å². The zero-order valence-electron chi connectivity index (χ0n) is 9.92. The van der Waals surface area contributed by atoms with Crippen LogP contribution < -0.4 is 10.6 Å². The Labute approximate surface area is 116 Å². The molecule has 3 nitrogen and oxygen atoms in total. The molecular weight excluding hydrogens is 327 g/mol. The molecule has 1 heterocycles. The summed E-state index contributed by atoms with van der Waals surface area (Å²) in [6.07, 6.45) is 2.84. The van der Waals surface area contributed by atoms with Gasteiger partial charge in [0.25, 0.3) is 0 Å². The lowest BCUT2D eigenvalue weighted by Gasteiger charge is -2.26. The summed E-state index contributed by atoms with van der Waals surface area (Å²) in [6.45, 7) is 3.00. The number of carbonyl (C=O) groups is 1. The Morgan fingerprint density at radius 2 is 2.41 bits per heavy atom. The van der Waals surface area contributed by atoms with Gasteiger partial charge in [-0.3, -0.25) is 4.79 Å². The van der Waals surface area contributed by atoms with Crippen LogP contribution >= 0.6 is 22.6 Å². The number of benzene rings is 1. The minimum absolute atomic E-state index is 0.0968. The SMILES string of the molecule is CCC1(C(=O)Nc2cccc(I)c2)CCCN1. The van der Waals surface area contributed by atoms with Gasteiger partial charge in [-0.15, -0.1) is 0 Å². The number of amides is 1. The summed E-state index contributed by atoms with van der Waals surface area (Å²) in [6, 6.07) is 7.88. The number of nitrogens with one attached hydrogen (secondary N) is 2. The first-order chi connectivity index (χ1) is 8.16. The van der Waals surface area contributed by atoms with E-state index in [1.807, 2.05) is 24.3 Å². The molecule has 0 saturated carbocycles. The van der Waals surface area contributed by atoms with Crippen molar-refractivity contribution >= 4 is 34.2 Å². The van der Waals surface area contributed by atoms with Gasteiger partial charge in [0.15, 0.2) is 0 Å². The average molecular weight is 344 g/mol. The van der Waals surface area contributed by atoms with Gasteiger partial charge < -0.3 is 10.6 Å². The lowest BCUT2D eigenvalue weighted by atomic mass is 9.93. The first-order valence-corrected chi connectivity index (χ1v) is 7.06. The molecule has 0 bridgehead atoms. The molecule has 17 heavy (non-hydrogen) atoms. The molecule has 1 aliphatic rings. The number of rotatable bonds is 3. The summed E-state index contributed by atoms with van der Waals surface area (Å²) >= 11 is 2.25. The Morgan fingerprint density at radius 1 is 1.59 bits per heavy atom. The van der Waals surface area contributed by atoms with E-state index in [4.69, 9.17) is 0 Å². The summed E-state index contributed by atoms with van der Waals surface area (Å²) in [5.74, 6) is 0.0968. The third kappa shape index (κ3) is 2.80. The van der Waals surface area contributed by atoms with Crippen molar-refractivity contribution in [2.24, 2.45) is 0 Å². The molecule has 0 spiro atoms. The van der Waals surface area contributed by atoms with E-state index < -0.39 is 0 Å². The van der Waals surface area contributed by atoms with Crippen LogP contribution in [-0.2, 0) is 4.79 Å². The molecule has 4 heteroatoms. The van der Waals surface area contributed by atoms with E-state index >= 15 is 0 Å². The Morgan fingerprint density at radius 3 is 3.00 bits per heavy atom. The molecule has 0 aromatic heterocycles. The second-order valence-corrected chi connectivity index (χ2v) is 5.68. The number of hydrogen-bond acceptors (Lipinski definition) is 2. The molecule has 1 unspecified atom stereocenters. The normalized spacial score (nSPS) is 23.6. The van der Waals surface area contributed by atoms with Crippen LogP contribution in [0.25, 0.3) is 0 Å². The molecule has 92 valence electrons. The lowest BCUT2D eigenvalue weighted by Crippen LogP contribution is -2.50. The molecule has 1 aromatic carbocycles. The molecular formula is C13H17IN2O. The highest BCUT2D eigenvalue weighted by atomic mass is 127. The largest absolute Gasteiger partial charge is 0.324 e. The Hall–Kier alpha value is -0.620. The van der Waals surface area contributed by atoms with E-state index in [0.717, 1.165) is 35.1 Å². The van der Waals surface area contributed by atoms with Crippen molar-refractivity contribution in [3.8, 4) is 0 Å². The van der Waals surface area contributed by atoms with Crippen molar-refractivity contribution in [2.75, 3.05) is 11.9 Å². The predicted octanol–water partition coefficient (Wildman–Crippen LogP) is 2.76. The smallest absolute Gasteiger partial charge is 0.244 e. The predicted molar refractivity (Wildman–Crippen MR) is 78.0 cm³/mol. The third-order valence-electron chi connectivity index (χ3n) is 3.36. The number of hydrogen-bond donors (Lipinski definition) is 2. The Bertz CT molecular complexity index is 414. The van der Waals surface area contributed by atoms with Crippen LogP contribution in [0.5, 0.6) is 0 Å². The van der Waals surface area contributed by atoms with Crippen molar-refractivity contribution in [3.63, 3.8) is 0 Å². The van der Waals surface area contributed by atoms with Crippen LogP contribution in [0.15, 0.2) is 24.3 Å². The average Bonchev–Trinajstić information content (AvgIpc) is 2.78. The molecule has 1 fully saturated rings. The molecule has 1 amide bonds. The second kappa shape index (κ2) is 5.35. The van der Waals surface area contributed by atoms with E-state index in [2.05, 4.69) is 40.1 Å². The Kier molecular flexibility index (Phi) is 4.04. The van der Waals surface area contributed by atoms with Crippen molar-refractivity contribution in [1.82, 2.24) is 5.32 Å². The minimum atomic E-state index is -0.360. The van der Waals surface area contributed by atoms with Gasteiger partial charge in [0.05, 0.1) is 5.54 Å². The minimum Gasteiger partial charge on any atom is -0.324 e. The van der Waals surface area contributed by atoms with Crippen molar-refractivity contribution < 1.29 is 4.79 Å². The first kappa shape index (κ1) is 12.8. The maximum absolute atomic E-state index is 12.3. The fourth-order valence-electron chi connectivity index (χ4n) is 2.28. The van der Waals surface area contributed by atoms with Gasteiger partial charge in [0.1, 0.15) is 0 Å². The molecule has 1 atom stereocenters. The zero-order chi connectivity index (χ0) is 12.3. The van der Waals surface area contributed by atoms with Crippen LogP contribution in [0.3, 0.4) is 0 Å². The van der Waals surface area contributed by atoms with Crippen LogP contribution in [0.1, 0.15) is 26.2 Å². The van der Waals surface area contributed by atoms with Gasteiger partial charge in [-0.2, -0.15) is 0 Å². The van der Waals surface area contributed by atoms with E-state index in [1.165, 1.54) is 0 Å².